The van der Waals surface area contributed by atoms with E-state index in [-0.39, 0.29) is 35.1 Å². The van der Waals surface area contributed by atoms with Gasteiger partial charge in [0.25, 0.3) is 5.89 Å². The summed E-state index contributed by atoms with van der Waals surface area (Å²) in [6.07, 6.45) is 1.47. The number of hydrogen-bond acceptors (Lipinski definition) is 7. The maximum absolute atomic E-state index is 14.7. The van der Waals surface area contributed by atoms with Gasteiger partial charge in [0.05, 0.1) is 11.6 Å². The number of carboxylic acids is 1. The first-order valence-electron chi connectivity index (χ1n) is 10.9. The lowest BCUT2D eigenvalue weighted by atomic mass is 9.79. The molecule has 2 aromatic carbocycles. The van der Waals surface area contributed by atoms with Crippen molar-refractivity contribution >= 4 is 23.4 Å². The lowest BCUT2D eigenvalue weighted by Gasteiger charge is -2.26. The molecular formula is C23H21F3N4O4. The first-order valence-corrected chi connectivity index (χ1v) is 10.9. The second-order valence-corrected chi connectivity index (χ2v) is 8.45. The molecule has 0 amide bonds. The van der Waals surface area contributed by atoms with Crippen LogP contribution in [-0.2, 0) is 9.53 Å². The Bertz CT molecular complexity index is 1210. The van der Waals surface area contributed by atoms with Crippen molar-refractivity contribution in [1.29, 1.82) is 0 Å². The number of anilines is 3. The third kappa shape index (κ3) is 4.69. The Kier molecular flexibility index (Phi) is 5.86. The van der Waals surface area contributed by atoms with Gasteiger partial charge in [-0.1, -0.05) is 11.2 Å². The van der Waals surface area contributed by atoms with Gasteiger partial charge in [0, 0.05) is 11.8 Å². The van der Waals surface area contributed by atoms with Crippen molar-refractivity contribution in [2.75, 3.05) is 10.6 Å². The summed E-state index contributed by atoms with van der Waals surface area (Å²) in [5.41, 5.74) is 1.35. The molecule has 1 aromatic heterocycles. The van der Waals surface area contributed by atoms with Gasteiger partial charge < -0.3 is 24.9 Å². The van der Waals surface area contributed by atoms with Gasteiger partial charge in [0.15, 0.2) is 24.0 Å². The average molecular weight is 474 g/mol. The van der Waals surface area contributed by atoms with E-state index in [1.807, 2.05) is 6.07 Å². The van der Waals surface area contributed by atoms with Crippen LogP contribution in [0.3, 0.4) is 0 Å². The van der Waals surface area contributed by atoms with Crippen molar-refractivity contribution in [2.45, 2.75) is 43.9 Å². The minimum atomic E-state index is -1.01. The van der Waals surface area contributed by atoms with Crippen LogP contribution in [0.1, 0.15) is 49.2 Å². The molecule has 2 heterocycles. The Balaban J connectivity index is 1.17. The lowest BCUT2D eigenvalue weighted by Crippen LogP contribution is -2.20. The molecular weight excluding hydrogens is 453 g/mol. The number of epoxide rings is 1. The largest absolute Gasteiger partial charge is 0.481 e. The summed E-state index contributed by atoms with van der Waals surface area (Å²) in [5.74, 6) is -3.21. The highest BCUT2D eigenvalue weighted by Crippen LogP contribution is 2.41. The lowest BCUT2D eigenvalue weighted by molar-refractivity contribution is -0.142. The van der Waals surface area contributed by atoms with Crippen LogP contribution < -0.4 is 10.6 Å². The van der Waals surface area contributed by atoms with E-state index in [2.05, 4.69) is 20.8 Å². The van der Waals surface area contributed by atoms with Gasteiger partial charge in [-0.05, 0) is 61.4 Å². The highest BCUT2D eigenvalue weighted by atomic mass is 19.2. The minimum Gasteiger partial charge on any atom is -0.481 e. The van der Waals surface area contributed by atoms with Crippen molar-refractivity contribution in [3.05, 3.63) is 65.3 Å². The Morgan fingerprint density at radius 1 is 0.971 bits per heavy atom. The quantitative estimate of drug-likeness (QED) is 0.406. The Hall–Kier alpha value is -3.60. The number of nitrogens with zero attached hydrogens (tertiary/aromatic N) is 2. The maximum Gasteiger partial charge on any atom is 0.320 e. The number of ether oxygens (including phenoxy) is 1. The zero-order chi connectivity index (χ0) is 23.8. The second-order valence-electron chi connectivity index (χ2n) is 8.45. The molecule has 1 saturated heterocycles. The molecule has 1 saturated carbocycles. The number of aliphatic carboxylic acids is 1. The first-order chi connectivity index (χ1) is 16.4. The molecule has 0 spiro atoms. The van der Waals surface area contributed by atoms with Crippen LogP contribution >= 0.6 is 0 Å². The van der Waals surface area contributed by atoms with Crippen LogP contribution in [0, 0.1) is 23.4 Å². The van der Waals surface area contributed by atoms with E-state index in [0.29, 0.717) is 12.8 Å². The molecule has 3 aromatic rings. The fourth-order valence-corrected chi connectivity index (χ4v) is 4.24. The van der Waals surface area contributed by atoms with Gasteiger partial charge in [0.2, 0.25) is 0 Å². The summed E-state index contributed by atoms with van der Waals surface area (Å²) in [5, 5.41) is 22.4. The smallest absolute Gasteiger partial charge is 0.320 e. The van der Waals surface area contributed by atoms with Crippen molar-refractivity contribution in [2.24, 2.45) is 5.92 Å². The summed E-state index contributed by atoms with van der Waals surface area (Å²) in [4.78, 5) is 11.1. The van der Waals surface area contributed by atoms with E-state index in [9.17, 15) is 18.0 Å². The summed E-state index contributed by atoms with van der Waals surface area (Å²) < 4.78 is 52.0. The highest BCUT2D eigenvalue weighted by molar-refractivity contribution is 5.70. The van der Waals surface area contributed by atoms with E-state index >= 15 is 0 Å². The molecule has 2 atom stereocenters. The molecule has 2 aliphatic rings. The van der Waals surface area contributed by atoms with E-state index in [0.717, 1.165) is 30.5 Å². The predicted octanol–water partition coefficient (Wildman–Crippen LogP) is 5.10. The van der Waals surface area contributed by atoms with Gasteiger partial charge in [-0.25, -0.2) is 13.2 Å². The van der Waals surface area contributed by atoms with Gasteiger partial charge in [0.1, 0.15) is 5.82 Å². The van der Waals surface area contributed by atoms with Crippen LogP contribution in [0.5, 0.6) is 0 Å². The number of nitrogens with one attached hydrogen (secondary N) is 2. The number of halogens is 3. The molecule has 0 radical (unpaired) electrons. The van der Waals surface area contributed by atoms with Gasteiger partial charge in [-0.2, -0.15) is 0 Å². The van der Waals surface area contributed by atoms with Crippen LogP contribution in [0.15, 0.2) is 40.8 Å². The summed E-state index contributed by atoms with van der Waals surface area (Å²) >= 11 is 0. The molecule has 1 aliphatic heterocycles. The Labute approximate surface area is 192 Å². The number of carbonyl (C=O) groups is 1. The molecule has 11 heteroatoms. The molecule has 2 unspecified atom stereocenters. The average Bonchev–Trinajstić information content (AvgIpc) is 3.44. The number of benzene rings is 2. The fraction of sp³-hybridized carbons (Fsp3) is 0.348. The zero-order valence-corrected chi connectivity index (χ0v) is 17.8. The zero-order valence-electron chi connectivity index (χ0n) is 17.8. The molecule has 178 valence electrons. The number of carboxylic acid groups (broad SMARTS) is 1. The van der Waals surface area contributed by atoms with E-state index in [4.69, 9.17) is 14.3 Å². The van der Waals surface area contributed by atoms with Gasteiger partial charge in [-0.3, -0.25) is 4.79 Å². The van der Waals surface area contributed by atoms with Crippen LogP contribution in [-0.4, -0.2) is 27.5 Å². The van der Waals surface area contributed by atoms with E-state index < -0.39 is 35.8 Å². The number of rotatable bonds is 7. The predicted molar refractivity (Wildman–Crippen MR) is 114 cm³/mol. The fourth-order valence-electron chi connectivity index (χ4n) is 4.24. The normalized spacial score (nSPS) is 24.0. The van der Waals surface area contributed by atoms with Crippen LogP contribution in [0.25, 0.3) is 0 Å². The van der Waals surface area contributed by atoms with E-state index in [1.54, 1.807) is 6.07 Å². The van der Waals surface area contributed by atoms with Crippen molar-refractivity contribution in [3.63, 3.8) is 0 Å². The standard InChI is InChI=1S/C23H21F3N4O4/c24-15-7-6-14(10-16(15)25)27-23-30-29-21(34-23)19-20(33-19)28-18-8-5-13(9-17(18)26)11-1-3-12(4-2-11)22(31)32/h5-12,19-20,28H,1-4H2,(H,27,30)(H,31,32). The number of hydrogen-bond donors (Lipinski definition) is 3. The van der Waals surface area contributed by atoms with Crippen molar-refractivity contribution < 1.29 is 32.2 Å². The van der Waals surface area contributed by atoms with Gasteiger partial charge >= 0.3 is 12.0 Å². The minimum absolute atomic E-state index is 0.0246. The molecule has 3 N–H and O–H groups in total. The van der Waals surface area contributed by atoms with Crippen molar-refractivity contribution in [3.8, 4) is 0 Å². The Morgan fingerprint density at radius 3 is 2.47 bits per heavy atom. The topological polar surface area (TPSA) is 113 Å². The molecule has 34 heavy (non-hydrogen) atoms. The third-order valence-corrected chi connectivity index (χ3v) is 6.19. The number of aromatic nitrogens is 2. The first kappa shape index (κ1) is 22.2. The molecule has 0 bridgehead atoms. The monoisotopic (exact) mass is 474 g/mol. The van der Waals surface area contributed by atoms with E-state index in [1.165, 1.54) is 12.1 Å². The summed E-state index contributed by atoms with van der Waals surface area (Å²) in [7, 11) is 0. The van der Waals surface area contributed by atoms with Crippen LogP contribution in [0.4, 0.5) is 30.6 Å². The summed E-state index contributed by atoms with van der Waals surface area (Å²) in [6.45, 7) is 0. The SMILES string of the molecule is O=C(O)C1CCC(c2ccc(NC3OC3c3nnc(Nc4ccc(F)c(F)c4)o3)c(F)c2)CC1. The van der Waals surface area contributed by atoms with Crippen molar-refractivity contribution in [1.82, 2.24) is 10.2 Å². The molecule has 1 aliphatic carbocycles. The molecule has 8 nitrogen and oxygen atoms in total. The van der Waals surface area contributed by atoms with Gasteiger partial charge in [-0.15, -0.1) is 5.10 Å². The summed E-state index contributed by atoms with van der Waals surface area (Å²) in [6, 6.07) is 8.18. The second kappa shape index (κ2) is 8.98. The molecule has 2 fully saturated rings. The third-order valence-electron chi connectivity index (χ3n) is 6.19. The Morgan fingerprint density at radius 2 is 1.76 bits per heavy atom. The molecule has 5 rings (SSSR count). The van der Waals surface area contributed by atoms with Crippen LogP contribution in [0.2, 0.25) is 0 Å². The maximum atomic E-state index is 14.7. The highest BCUT2D eigenvalue weighted by Gasteiger charge is 2.45.